The number of aromatic nitrogens is 6. The molecule has 0 aliphatic carbocycles. The number of hydrogen-bond donors (Lipinski definition) is 1. The highest BCUT2D eigenvalue weighted by Gasteiger charge is 2.15. The van der Waals surface area contributed by atoms with Crippen LogP contribution in [-0.2, 0) is 24.6 Å². The molecule has 4 aromatic rings. The van der Waals surface area contributed by atoms with E-state index in [2.05, 4.69) is 15.4 Å². The van der Waals surface area contributed by atoms with Crippen LogP contribution in [0.25, 0.3) is 5.69 Å². The maximum atomic E-state index is 12.6. The zero-order valence-electron chi connectivity index (χ0n) is 16.0. The van der Waals surface area contributed by atoms with E-state index in [1.165, 1.54) is 6.20 Å². The highest BCUT2D eigenvalue weighted by Crippen LogP contribution is 2.14. The smallest absolute Gasteiger partial charge is 0.353 e. The molecular formula is C19H20N6O4. The summed E-state index contributed by atoms with van der Waals surface area (Å²) in [5.74, 6) is 0.705. The number of H-pyrrole nitrogens is 1. The fourth-order valence-corrected chi connectivity index (χ4v) is 3.01. The lowest BCUT2D eigenvalue weighted by molar-refractivity contribution is 0.0533. The van der Waals surface area contributed by atoms with Gasteiger partial charge >= 0.3 is 11.4 Å². The van der Waals surface area contributed by atoms with Gasteiger partial charge in [0.2, 0.25) is 0 Å². The Balaban J connectivity index is 1.50. The van der Waals surface area contributed by atoms with Crippen molar-refractivity contribution >= 4 is 0 Å². The molecule has 1 aromatic carbocycles. The van der Waals surface area contributed by atoms with Crippen LogP contribution in [0, 0.1) is 13.8 Å². The normalized spacial score (nSPS) is 11.2. The average Bonchev–Trinajstić information content (AvgIpc) is 3.37. The second-order valence-corrected chi connectivity index (χ2v) is 6.62. The SMILES string of the molecule is Cc1noc(C)c1Cn1cc(-n2c(=O)[nH]n(COCc3ccccc3)c2=O)cn1. The molecule has 3 aromatic heterocycles. The highest BCUT2D eigenvalue weighted by atomic mass is 16.5. The average molecular weight is 396 g/mol. The van der Waals surface area contributed by atoms with E-state index in [-0.39, 0.29) is 6.73 Å². The summed E-state index contributed by atoms with van der Waals surface area (Å²) in [6.07, 6.45) is 3.08. The Kier molecular flexibility index (Phi) is 5.00. The van der Waals surface area contributed by atoms with Crippen molar-refractivity contribution in [1.82, 2.24) is 29.3 Å². The first-order valence-corrected chi connectivity index (χ1v) is 9.01. The quantitative estimate of drug-likeness (QED) is 0.505. The van der Waals surface area contributed by atoms with Gasteiger partial charge in [-0.15, -0.1) is 0 Å². The number of nitrogens with one attached hydrogen (secondary N) is 1. The number of hydrogen-bond acceptors (Lipinski definition) is 6. The van der Waals surface area contributed by atoms with E-state index < -0.39 is 11.4 Å². The summed E-state index contributed by atoms with van der Waals surface area (Å²) in [5.41, 5.74) is 1.94. The summed E-state index contributed by atoms with van der Waals surface area (Å²) in [6, 6.07) is 9.57. The first-order chi connectivity index (χ1) is 14.0. The largest absolute Gasteiger partial charge is 0.361 e. The Bertz CT molecular complexity index is 1210. The number of ether oxygens (including phenoxy) is 1. The number of aryl methyl sites for hydroxylation is 2. The number of benzene rings is 1. The number of aromatic amines is 1. The van der Waals surface area contributed by atoms with Crippen LogP contribution in [0.5, 0.6) is 0 Å². The maximum absolute atomic E-state index is 12.6. The fraction of sp³-hybridized carbons (Fsp3) is 0.263. The molecule has 150 valence electrons. The van der Waals surface area contributed by atoms with Crippen LogP contribution >= 0.6 is 0 Å². The summed E-state index contributed by atoms with van der Waals surface area (Å²) >= 11 is 0. The number of rotatable bonds is 7. The van der Waals surface area contributed by atoms with Crippen molar-refractivity contribution in [3.63, 3.8) is 0 Å². The van der Waals surface area contributed by atoms with Gasteiger partial charge in [0, 0.05) is 11.8 Å². The first-order valence-electron chi connectivity index (χ1n) is 9.01. The summed E-state index contributed by atoms with van der Waals surface area (Å²) in [6.45, 7) is 4.36. The molecule has 3 heterocycles. The lowest BCUT2D eigenvalue weighted by atomic mass is 10.2. The van der Waals surface area contributed by atoms with Gasteiger partial charge in [0.1, 0.15) is 12.5 Å². The van der Waals surface area contributed by atoms with Crippen molar-refractivity contribution in [1.29, 1.82) is 0 Å². The molecule has 0 radical (unpaired) electrons. The van der Waals surface area contributed by atoms with Gasteiger partial charge < -0.3 is 9.26 Å². The summed E-state index contributed by atoms with van der Waals surface area (Å²) in [5, 5.41) is 10.6. The van der Waals surface area contributed by atoms with Crippen molar-refractivity contribution in [2.24, 2.45) is 0 Å². The molecule has 29 heavy (non-hydrogen) atoms. The van der Waals surface area contributed by atoms with E-state index >= 15 is 0 Å². The van der Waals surface area contributed by atoms with Crippen LogP contribution in [0.1, 0.15) is 22.6 Å². The summed E-state index contributed by atoms with van der Waals surface area (Å²) < 4.78 is 14.4. The molecule has 0 saturated heterocycles. The first kappa shape index (κ1) is 18.7. The molecule has 0 saturated carbocycles. The minimum atomic E-state index is -0.560. The molecule has 0 unspecified atom stereocenters. The fourth-order valence-electron chi connectivity index (χ4n) is 3.01. The highest BCUT2D eigenvalue weighted by molar-refractivity contribution is 5.26. The zero-order chi connectivity index (χ0) is 20.4. The molecule has 0 amide bonds. The van der Waals surface area contributed by atoms with Crippen molar-refractivity contribution in [3.8, 4) is 5.69 Å². The Labute approximate surface area is 164 Å². The van der Waals surface area contributed by atoms with Crippen LogP contribution in [0.15, 0.2) is 56.8 Å². The van der Waals surface area contributed by atoms with Gasteiger partial charge in [-0.1, -0.05) is 35.5 Å². The molecule has 1 N–H and O–H groups in total. The maximum Gasteiger partial charge on any atom is 0.353 e. The third-order valence-corrected chi connectivity index (χ3v) is 4.57. The molecule has 4 rings (SSSR count). The van der Waals surface area contributed by atoms with Crippen molar-refractivity contribution in [2.45, 2.75) is 33.7 Å². The Hall–Kier alpha value is -3.66. The summed E-state index contributed by atoms with van der Waals surface area (Å²) in [7, 11) is 0. The van der Waals surface area contributed by atoms with E-state index in [9.17, 15) is 9.59 Å². The lowest BCUT2D eigenvalue weighted by Crippen LogP contribution is -2.27. The van der Waals surface area contributed by atoms with Crippen molar-refractivity contribution < 1.29 is 9.26 Å². The molecule has 0 aliphatic rings. The Morgan fingerprint density at radius 2 is 1.97 bits per heavy atom. The van der Waals surface area contributed by atoms with Crippen molar-refractivity contribution in [3.05, 3.63) is 86.3 Å². The Morgan fingerprint density at radius 1 is 1.17 bits per heavy atom. The minimum absolute atomic E-state index is 0.0663. The molecular weight excluding hydrogens is 376 g/mol. The van der Waals surface area contributed by atoms with Gasteiger partial charge in [-0.3, -0.25) is 4.68 Å². The monoisotopic (exact) mass is 396 g/mol. The third kappa shape index (κ3) is 3.83. The van der Waals surface area contributed by atoms with Crippen LogP contribution in [0.2, 0.25) is 0 Å². The van der Waals surface area contributed by atoms with Gasteiger partial charge in [-0.25, -0.2) is 23.9 Å². The predicted octanol–water partition coefficient (Wildman–Crippen LogP) is 1.35. The molecule has 10 nitrogen and oxygen atoms in total. The topological polar surface area (TPSA) is 113 Å². The van der Waals surface area contributed by atoms with E-state index in [0.717, 1.165) is 26.1 Å². The molecule has 0 aliphatic heterocycles. The van der Waals surface area contributed by atoms with E-state index in [0.29, 0.717) is 24.6 Å². The second kappa shape index (κ2) is 7.76. The standard InChI is InChI=1S/C19H20N6O4/c1-13-17(14(2)29-22-13)10-23-9-16(8-20-23)25-18(26)21-24(19(25)27)12-28-11-15-6-4-3-5-7-15/h3-9H,10-12H2,1-2H3,(H,21,26). The number of nitrogens with zero attached hydrogens (tertiary/aromatic N) is 5. The molecule has 0 atom stereocenters. The Morgan fingerprint density at radius 3 is 2.69 bits per heavy atom. The van der Waals surface area contributed by atoms with E-state index in [1.54, 1.807) is 10.9 Å². The van der Waals surface area contributed by atoms with E-state index in [4.69, 9.17) is 9.26 Å². The molecule has 0 fully saturated rings. The van der Waals surface area contributed by atoms with E-state index in [1.807, 2.05) is 44.2 Å². The van der Waals surface area contributed by atoms with Crippen LogP contribution in [0.3, 0.4) is 0 Å². The van der Waals surface area contributed by atoms with Gasteiger partial charge in [-0.2, -0.15) is 5.10 Å². The van der Waals surface area contributed by atoms with Gasteiger partial charge in [-0.05, 0) is 19.4 Å². The van der Waals surface area contributed by atoms with Crippen LogP contribution < -0.4 is 11.4 Å². The van der Waals surface area contributed by atoms with Gasteiger partial charge in [0.25, 0.3) is 0 Å². The third-order valence-electron chi connectivity index (χ3n) is 4.57. The van der Waals surface area contributed by atoms with Crippen LogP contribution in [0.4, 0.5) is 0 Å². The van der Waals surface area contributed by atoms with Crippen LogP contribution in [-0.4, -0.2) is 29.3 Å². The van der Waals surface area contributed by atoms with Crippen molar-refractivity contribution in [2.75, 3.05) is 0 Å². The second-order valence-electron chi connectivity index (χ2n) is 6.62. The zero-order valence-corrected chi connectivity index (χ0v) is 16.0. The molecule has 0 spiro atoms. The lowest BCUT2D eigenvalue weighted by Gasteiger charge is -2.03. The minimum Gasteiger partial charge on any atom is -0.361 e. The van der Waals surface area contributed by atoms with Gasteiger partial charge in [0.05, 0.1) is 30.7 Å². The molecule has 0 bridgehead atoms. The van der Waals surface area contributed by atoms with Gasteiger partial charge in [0.15, 0.2) is 0 Å². The molecule has 10 heteroatoms. The predicted molar refractivity (Wildman–Crippen MR) is 103 cm³/mol. The summed E-state index contributed by atoms with van der Waals surface area (Å²) in [4.78, 5) is 24.9.